The lowest BCUT2D eigenvalue weighted by atomic mass is 9.98. The van der Waals surface area contributed by atoms with Crippen molar-refractivity contribution in [2.24, 2.45) is 0 Å². The summed E-state index contributed by atoms with van der Waals surface area (Å²) in [4.78, 5) is 0. The molecule has 0 aliphatic rings. The molecular formula is C15H24FN. The smallest absolute Gasteiger partial charge is 0.123 e. The Labute approximate surface area is 104 Å². The predicted molar refractivity (Wildman–Crippen MR) is 71.7 cm³/mol. The maximum absolute atomic E-state index is 13.4. The molecule has 1 aromatic rings. The van der Waals surface area contributed by atoms with E-state index in [1.807, 2.05) is 6.92 Å². The molecule has 0 saturated carbocycles. The Balaban J connectivity index is 2.73. The highest BCUT2D eigenvalue weighted by atomic mass is 19.1. The SMILES string of the molecule is CCCCCC(NCC)c1cc(C)cc(F)c1. The van der Waals surface area contributed by atoms with Gasteiger partial charge in [-0.1, -0.05) is 39.2 Å². The van der Waals surface area contributed by atoms with E-state index in [4.69, 9.17) is 0 Å². The molecule has 1 rings (SSSR count). The third kappa shape index (κ3) is 4.86. The normalized spacial score (nSPS) is 12.7. The van der Waals surface area contributed by atoms with Gasteiger partial charge in [0, 0.05) is 6.04 Å². The van der Waals surface area contributed by atoms with Crippen LogP contribution in [-0.2, 0) is 0 Å². The number of halogens is 1. The number of rotatable bonds is 7. The lowest BCUT2D eigenvalue weighted by molar-refractivity contribution is 0.483. The van der Waals surface area contributed by atoms with E-state index in [1.165, 1.54) is 19.3 Å². The monoisotopic (exact) mass is 237 g/mol. The topological polar surface area (TPSA) is 12.0 Å². The molecule has 1 N–H and O–H groups in total. The van der Waals surface area contributed by atoms with E-state index in [-0.39, 0.29) is 5.82 Å². The average Bonchev–Trinajstić information content (AvgIpc) is 2.27. The van der Waals surface area contributed by atoms with Crippen LogP contribution in [-0.4, -0.2) is 6.54 Å². The first-order chi connectivity index (χ1) is 8.17. The van der Waals surface area contributed by atoms with E-state index in [0.29, 0.717) is 6.04 Å². The summed E-state index contributed by atoms with van der Waals surface area (Å²) < 4.78 is 13.4. The molecule has 0 saturated heterocycles. The van der Waals surface area contributed by atoms with Gasteiger partial charge in [0.15, 0.2) is 0 Å². The van der Waals surface area contributed by atoms with Gasteiger partial charge in [0.25, 0.3) is 0 Å². The highest BCUT2D eigenvalue weighted by Crippen LogP contribution is 2.22. The molecule has 17 heavy (non-hydrogen) atoms. The molecule has 0 amide bonds. The molecule has 0 aliphatic heterocycles. The van der Waals surface area contributed by atoms with Gasteiger partial charge in [-0.3, -0.25) is 0 Å². The van der Waals surface area contributed by atoms with E-state index < -0.39 is 0 Å². The number of nitrogens with one attached hydrogen (secondary N) is 1. The molecule has 0 heterocycles. The van der Waals surface area contributed by atoms with E-state index in [1.54, 1.807) is 12.1 Å². The van der Waals surface area contributed by atoms with Gasteiger partial charge in [0.1, 0.15) is 5.82 Å². The average molecular weight is 237 g/mol. The van der Waals surface area contributed by atoms with Crippen molar-refractivity contribution in [3.05, 3.63) is 35.1 Å². The van der Waals surface area contributed by atoms with E-state index in [0.717, 1.165) is 24.1 Å². The molecule has 0 bridgehead atoms. The van der Waals surface area contributed by atoms with Gasteiger partial charge < -0.3 is 5.32 Å². The zero-order chi connectivity index (χ0) is 12.7. The number of hydrogen-bond acceptors (Lipinski definition) is 1. The van der Waals surface area contributed by atoms with Gasteiger partial charge in [0.05, 0.1) is 0 Å². The summed E-state index contributed by atoms with van der Waals surface area (Å²) >= 11 is 0. The molecule has 1 atom stereocenters. The lowest BCUT2D eigenvalue weighted by Gasteiger charge is -2.19. The molecule has 0 aliphatic carbocycles. The van der Waals surface area contributed by atoms with Crippen LogP contribution in [0.5, 0.6) is 0 Å². The van der Waals surface area contributed by atoms with E-state index in [9.17, 15) is 4.39 Å². The minimum absolute atomic E-state index is 0.126. The number of hydrogen-bond donors (Lipinski definition) is 1. The first-order valence-corrected chi connectivity index (χ1v) is 6.67. The van der Waals surface area contributed by atoms with Crippen molar-refractivity contribution in [3.8, 4) is 0 Å². The molecule has 1 nitrogen and oxygen atoms in total. The molecule has 1 unspecified atom stereocenters. The highest BCUT2D eigenvalue weighted by molar-refractivity contribution is 5.26. The fourth-order valence-electron chi connectivity index (χ4n) is 2.20. The maximum atomic E-state index is 13.4. The second kappa shape index (κ2) is 7.44. The van der Waals surface area contributed by atoms with Crippen molar-refractivity contribution in [1.29, 1.82) is 0 Å². The van der Waals surface area contributed by atoms with Crippen LogP contribution in [0.25, 0.3) is 0 Å². The quantitative estimate of drug-likeness (QED) is 0.695. The Morgan fingerprint density at radius 1 is 1.18 bits per heavy atom. The van der Waals surface area contributed by atoms with Crippen LogP contribution in [0.2, 0.25) is 0 Å². The van der Waals surface area contributed by atoms with Crippen LogP contribution in [0.3, 0.4) is 0 Å². The number of unbranched alkanes of at least 4 members (excludes halogenated alkanes) is 2. The van der Waals surface area contributed by atoms with Crippen LogP contribution in [0.1, 0.15) is 56.7 Å². The number of benzene rings is 1. The lowest BCUT2D eigenvalue weighted by Crippen LogP contribution is -2.21. The second-order valence-electron chi connectivity index (χ2n) is 4.67. The minimum Gasteiger partial charge on any atom is -0.310 e. The van der Waals surface area contributed by atoms with Gasteiger partial charge in [0.2, 0.25) is 0 Å². The van der Waals surface area contributed by atoms with Crippen LogP contribution in [0, 0.1) is 12.7 Å². The van der Waals surface area contributed by atoms with Gasteiger partial charge in [-0.2, -0.15) is 0 Å². The first-order valence-electron chi connectivity index (χ1n) is 6.67. The van der Waals surface area contributed by atoms with Crippen LogP contribution < -0.4 is 5.32 Å². The fourth-order valence-corrected chi connectivity index (χ4v) is 2.20. The summed E-state index contributed by atoms with van der Waals surface area (Å²) in [6.45, 7) is 7.17. The van der Waals surface area contributed by atoms with Crippen molar-refractivity contribution in [2.45, 2.75) is 52.5 Å². The Bertz CT molecular complexity index is 315. The highest BCUT2D eigenvalue weighted by Gasteiger charge is 2.11. The summed E-state index contributed by atoms with van der Waals surface area (Å²) in [7, 11) is 0. The molecule has 96 valence electrons. The summed E-state index contributed by atoms with van der Waals surface area (Å²) in [5.41, 5.74) is 2.08. The Morgan fingerprint density at radius 2 is 1.94 bits per heavy atom. The van der Waals surface area contributed by atoms with Crippen molar-refractivity contribution < 1.29 is 4.39 Å². The number of aryl methyl sites for hydroxylation is 1. The fraction of sp³-hybridized carbons (Fsp3) is 0.600. The molecule has 2 heteroatoms. The second-order valence-corrected chi connectivity index (χ2v) is 4.67. The summed E-state index contributed by atoms with van der Waals surface area (Å²) in [6.07, 6.45) is 4.76. The molecule has 0 spiro atoms. The van der Waals surface area contributed by atoms with Crippen LogP contribution >= 0.6 is 0 Å². The van der Waals surface area contributed by atoms with Crippen molar-refractivity contribution >= 4 is 0 Å². The molecule has 0 fully saturated rings. The molecular weight excluding hydrogens is 213 g/mol. The zero-order valence-electron chi connectivity index (χ0n) is 11.2. The molecule has 1 aromatic carbocycles. The van der Waals surface area contributed by atoms with Gasteiger partial charge in [-0.05, 0) is 43.1 Å². The van der Waals surface area contributed by atoms with Gasteiger partial charge in [-0.25, -0.2) is 4.39 Å². The van der Waals surface area contributed by atoms with Crippen molar-refractivity contribution in [1.82, 2.24) is 5.32 Å². The third-order valence-corrected chi connectivity index (χ3v) is 3.01. The summed E-state index contributed by atoms with van der Waals surface area (Å²) in [5, 5.41) is 3.45. The first kappa shape index (κ1) is 14.2. The Kier molecular flexibility index (Phi) is 6.20. The van der Waals surface area contributed by atoms with Crippen molar-refractivity contribution in [3.63, 3.8) is 0 Å². The summed E-state index contributed by atoms with van der Waals surface area (Å²) in [6, 6.07) is 5.62. The zero-order valence-corrected chi connectivity index (χ0v) is 11.2. The standard InChI is InChI=1S/C15H24FN/c1-4-6-7-8-15(17-5-2)13-9-12(3)10-14(16)11-13/h9-11,15,17H,4-8H2,1-3H3. The maximum Gasteiger partial charge on any atom is 0.123 e. The third-order valence-electron chi connectivity index (χ3n) is 3.01. The van der Waals surface area contributed by atoms with Gasteiger partial charge >= 0.3 is 0 Å². The van der Waals surface area contributed by atoms with E-state index >= 15 is 0 Å². The van der Waals surface area contributed by atoms with Crippen LogP contribution in [0.4, 0.5) is 4.39 Å². The molecule has 0 radical (unpaired) electrons. The predicted octanol–water partition coefficient (Wildman–Crippen LogP) is 4.37. The van der Waals surface area contributed by atoms with Gasteiger partial charge in [-0.15, -0.1) is 0 Å². The largest absolute Gasteiger partial charge is 0.310 e. The Morgan fingerprint density at radius 3 is 2.53 bits per heavy atom. The minimum atomic E-state index is -0.126. The summed E-state index contributed by atoms with van der Waals surface area (Å²) in [5.74, 6) is -0.126. The van der Waals surface area contributed by atoms with E-state index in [2.05, 4.69) is 25.2 Å². The van der Waals surface area contributed by atoms with Crippen molar-refractivity contribution in [2.75, 3.05) is 6.54 Å². The van der Waals surface area contributed by atoms with Crippen LogP contribution in [0.15, 0.2) is 18.2 Å². The molecule has 0 aromatic heterocycles. The Hall–Kier alpha value is -0.890.